The van der Waals surface area contributed by atoms with Crippen LogP contribution in [0, 0.1) is 0 Å². The van der Waals surface area contributed by atoms with Gasteiger partial charge in [0, 0.05) is 35.9 Å². The van der Waals surface area contributed by atoms with Gasteiger partial charge in [-0.1, -0.05) is 30.9 Å². The van der Waals surface area contributed by atoms with Crippen LogP contribution in [-0.2, 0) is 7.05 Å². The second-order valence-electron chi connectivity index (χ2n) is 5.12. The number of benzene rings is 1. The van der Waals surface area contributed by atoms with E-state index >= 15 is 0 Å². The maximum atomic E-state index is 4.38. The van der Waals surface area contributed by atoms with Crippen molar-refractivity contribution in [1.29, 1.82) is 0 Å². The second kappa shape index (κ2) is 6.40. The average Bonchev–Trinajstić information content (AvgIpc) is 2.83. The number of allylic oxidation sites excluding steroid dienone is 4. The van der Waals surface area contributed by atoms with E-state index in [1.807, 2.05) is 19.1 Å². The summed E-state index contributed by atoms with van der Waals surface area (Å²) in [6.07, 6.45) is 7.80. The van der Waals surface area contributed by atoms with Gasteiger partial charge in [0.25, 0.3) is 0 Å². The molecule has 2 heteroatoms. The van der Waals surface area contributed by atoms with Crippen molar-refractivity contribution in [2.24, 2.45) is 12.0 Å². The van der Waals surface area contributed by atoms with Crippen LogP contribution < -0.4 is 0 Å². The van der Waals surface area contributed by atoms with Gasteiger partial charge in [-0.15, -0.1) is 0 Å². The number of fused-ring (bicyclic) bond motifs is 1. The Morgan fingerprint density at radius 1 is 1.24 bits per heavy atom. The van der Waals surface area contributed by atoms with Crippen LogP contribution in [-0.4, -0.2) is 10.3 Å². The molecule has 0 amide bonds. The average molecular weight is 278 g/mol. The molecule has 1 heterocycles. The molecule has 0 aliphatic carbocycles. The molecule has 2 nitrogen and oxygen atoms in total. The topological polar surface area (TPSA) is 17.3 Å². The number of hydrogen-bond donors (Lipinski definition) is 0. The molecule has 0 unspecified atom stereocenters. The molecule has 0 saturated heterocycles. The predicted molar refractivity (Wildman–Crippen MR) is 93.6 cm³/mol. The fourth-order valence-electron chi connectivity index (χ4n) is 2.56. The smallest absolute Gasteiger partial charge is 0.0658 e. The molecule has 0 N–H and O–H groups in total. The van der Waals surface area contributed by atoms with Crippen molar-refractivity contribution in [1.82, 2.24) is 4.57 Å². The molecule has 0 atom stereocenters. The summed E-state index contributed by atoms with van der Waals surface area (Å²) in [6, 6.07) is 8.47. The van der Waals surface area contributed by atoms with Crippen LogP contribution >= 0.6 is 0 Å². The minimum absolute atomic E-state index is 0.956. The normalized spacial score (nSPS) is 13.8. The van der Waals surface area contributed by atoms with Gasteiger partial charge in [0.05, 0.1) is 5.71 Å². The maximum absolute atomic E-state index is 4.38. The third kappa shape index (κ3) is 2.89. The van der Waals surface area contributed by atoms with Crippen molar-refractivity contribution in [3.63, 3.8) is 0 Å². The van der Waals surface area contributed by atoms with Gasteiger partial charge in [-0.05, 0) is 44.1 Å². The van der Waals surface area contributed by atoms with Gasteiger partial charge in [-0.2, -0.15) is 0 Å². The molecule has 0 aliphatic heterocycles. The molecule has 0 fully saturated rings. The standard InChI is InChI=1S/C19H22N2/c1-6-10-18(20-7-2)15(4)14(3)17-13-21(5)19-12-9-8-11-16(17)19/h6-13H,2H2,1,3-5H3/b10-6-,15-14+,20-18?. The minimum atomic E-state index is 0.956. The van der Waals surface area contributed by atoms with Gasteiger partial charge in [-0.25, -0.2) is 0 Å². The van der Waals surface area contributed by atoms with Crippen molar-refractivity contribution in [3.05, 3.63) is 66.5 Å². The summed E-state index contributed by atoms with van der Waals surface area (Å²) in [5, 5.41) is 1.27. The molecule has 0 saturated carbocycles. The molecule has 21 heavy (non-hydrogen) atoms. The highest BCUT2D eigenvalue weighted by molar-refractivity contribution is 6.13. The van der Waals surface area contributed by atoms with Gasteiger partial charge in [-0.3, -0.25) is 4.99 Å². The van der Waals surface area contributed by atoms with Gasteiger partial charge >= 0.3 is 0 Å². The number of rotatable bonds is 4. The zero-order valence-corrected chi connectivity index (χ0v) is 13.2. The van der Waals surface area contributed by atoms with Crippen LogP contribution in [0.2, 0.25) is 0 Å². The van der Waals surface area contributed by atoms with Crippen LogP contribution in [0.15, 0.2) is 66.0 Å². The number of hydrogen-bond acceptors (Lipinski definition) is 1. The molecule has 0 spiro atoms. The first-order valence-electron chi connectivity index (χ1n) is 7.13. The Hall–Kier alpha value is -2.35. The Balaban J connectivity index is 2.65. The van der Waals surface area contributed by atoms with Gasteiger partial charge in [0.15, 0.2) is 0 Å². The lowest BCUT2D eigenvalue weighted by Gasteiger charge is -2.07. The molecule has 0 radical (unpaired) electrons. The van der Waals surface area contributed by atoms with Crippen molar-refractivity contribution >= 4 is 22.2 Å². The Bertz CT molecular complexity index is 755. The van der Waals surface area contributed by atoms with E-state index < -0.39 is 0 Å². The lowest BCUT2D eigenvalue weighted by molar-refractivity contribution is 0.967. The van der Waals surface area contributed by atoms with E-state index in [9.17, 15) is 0 Å². The highest BCUT2D eigenvalue weighted by Crippen LogP contribution is 2.29. The van der Waals surface area contributed by atoms with Crippen molar-refractivity contribution in [2.45, 2.75) is 20.8 Å². The van der Waals surface area contributed by atoms with Crippen LogP contribution in [0.3, 0.4) is 0 Å². The monoisotopic (exact) mass is 278 g/mol. The Morgan fingerprint density at radius 2 is 1.95 bits per heavy atom. The van der Waals surface area contributed by atoms with Gasteiger partial charge in [0.2, 0.25) is 0 Å². The van der Waals surface area contributed by atoms with Gasteiger partial charge in [0.1, 0.15) is 0 Å². The molecule has 0 aliphatic rings. The molecule has 2 rings (SSSR count). The maximum Gasteiger partial charge on any atom is 0.0658 e. The summed E-state index contributed by atoms with van der Waals surface area (Å²) in [5.41, 5.74) is 5.87. The molecule has 1 aromatic carbocycles. The predicted octanol–water partition coefficient (Wildman–Crippen LogP) is 5.13. The molecule has 0 bridgehead atoms. The third-order valence-electron chi connectivity index (χ3n) is 3.80. The first-order chi connectivity index (χ1) is 10.1. The van der Waals surface area contributed by atoms with Crippen molar-refractivity contribution in [3.8, 4) is 0 Å². The zero-order valence-electron chi connectivity index (χ0n) is 13.2. The van der Waals surface area contributed by atoms with Crippen LogP contribution in [0.5, 0.6) is 0 Å². The first-order valence-corrected chi connectivity index (χ1v) is 7.13. The second-order valence-corrected chi connectivity index (χ2v) is 5.12. The largest absolute Gasteiger partial charge is 0.350 e. The van der Waals surface area contributed by atoms with Crippen LogP contribution in [0.4, 0.5) is 0 Å². The number of aliphatic imine (C=N–C) groups is 1. The lowest BCUT2D eigenvalue weighted by atomic mass is 9.98. The number of aryl methyl sites for hydroxylation is 1. The third-order valence-corrected chi connectivity index (χ3v) is 3.80. The van der Waals surface area contributed by atoms with E-state index in [1.54, 1.807) is 6.20 Å². The first kappa shape index (κ1) is 15.0. The summed E-state index contributed by atoms with van der Waals surface area (Å²) < 4.78 is 2.17. The number of nitrogens with zero attached hydrogens (tertiary/aromatic N) is 2. The van der Waals surface area contributed by atoms with E-state index in [-0.39, 0.29) is 0 Å². The summed E-state index contributed by atoms with van der Waals surface area (Å²) >= 11 is 0. The van der Waals surface area contributed by atoms with Gasteiger partial charge < -0.3 is 4.57 Å². The fraction of sp³-hybridized carbons (Fsp3) is 0.211. The summed E-state index contributed by atoms with van der Waals surface area (Å²) in [5.74, 6) is 0. The zero-order chi connectivity index (χ0) is 15.4. The summed E-state index contributed by atoms with van der Waals surface area (Å²) in [6.45, 7) is 9.96. The lowest BCUT2D eigenvalue weighted by Crippen LogP contribution is -1.98. The Kier molecular flexibility index (Phi) is 4.59. The van der Waals surface area contributed by atoms with Crippen LogP contribution in [0.1, 0.15) is 26.3 Å². The highest BCUT2D eigenvalue weighted by Gasteiger charge is 2.11. The fourth-order valence-corrected chi connectivity index (χ4v) is 2.56. The highest BCUT2D eigenvalue weighted by atomic mass is 14.9. The number of para-hydroxylation sites is 1. The molecular formula is C19H22N2. The summed E-state index contributed by atoms with van der Waals surface area (Å²) in [4.78, 5) is 4.38. The van der Waals surface area contributed by atoms with E-state index in [1.165, 1.54) is 27.6 Å². The Labute approximate surface area is 126 Å². The molecule has 1 aromatic heterocycles. The van der Waals surface area contributed by atoms with Crippen molar-refractivity contribution in [2.75, 3.05) is 0 Å². The van der Waals surface area contributed by atoms with E-state index in [0.717, 1.165) is 5.71 Å². The van der Waals surface area contributed by atoms with E-state index in [2.05, 4.69) is 67.5 Å². The van der Waals surface area contributed by atoms with Crippen molar-refractivity contribution < 1.29 is 0 Å². The van der Waals surface area contributed by atoms with E-state index in [4.69, 9.17) is 0 Å². The quantitative estimate of drug-likeness (QED) is 0.690. The molecular weight excluding hydrogens is 256 g/mol. The van der Waals surface area contributed by atoms with E-state index in [0.29, 0.717) is 0 Å². The number of aromatic nitrogens is 1. The summed E-state index contributed by atoms with van der Waals surface area (Å²) in [7, 11) is 2.08. The Morgan fingerprint density at radius 3 is 2.62 bits per heavy atom. The van der Waals surface area contributed by atoms with Crippen LogP contribution in [0.25, 0.3) is 16.5 Å². The molecule has 2 aromatic rings. The molecule has 108 valence electrons. The minimum Gasteiger partial charge on any atom is -0.350 e. The SMILES string of the molecule is C=CN=C(/C=C\C)/C(C)=C(\C)c1cn(C)c2ccccc12.